The molecule has 2 aromatic carbocycles. The van der Waals surface area contributed by atoms with Gasteiger partial charge in [-0.3, -0.25) is 19.7 Å². The van der Waals surface area contributed by atoms with Crippen LogP contribution in [-0.4, -0.2) is 40.5 Å². The number of nitro benzene ring substituents is 1. The van der Waals surface area contributed by atoms with Crippen molar-refractivity contribution in [3.8, 4) is 5.75 Å². The Morgan fingerprint density at radius 1 is 1.32 bits per heavy atom. The van der Waals surface area contributed by atoms with Gasteiger partial charge in [0, 0.05) is 12.5 Å². The molecule has 0 aromatic heterocycles. The molecule has 31 heavy (non-hydrogen) atoms. The first-order valence-corrected chi connectivity index (χ1v) is 10.0. The van der Waals surface area contributed by atoms with E-state index in [-0.39, 0.29) is 28.9 Å². The number of rotatable bonds is 7. The fraction of sp³-hybridized carbons (Fsp3) is 0.200. The topological polar surface area (TPSA) is 135 Å². The molecule has 1 unspecified atom stereocenters. The molecule has 2 aromatic rings. The predicted octanol–water partition coefficient (Wildman–Crippen LogP) is 2.86. The van der Waals surface area contributed by atoms with E-state index >= 15 is 0 Å². The zero-order valence-electron chi connectivity index (χ0n) is 16.7. The van der Waals surface area contributed by atoms with Crippen LogP contribution in [0.5, 0.6) is 5.75 Å². The van der Waals surface area contributed by atoms with Crippen molar-refractivity contribution in [1.29, 1.82) is 0 Å². The number of nitrogens with one attached hydrogen (secondary N) is 2. The van der Waals surface area contributed by atoms with Gasteiger partial charge in [0.2, 0.25) is 11.8 Å². The van der Waals surface area contributed by atoms with Crippen LogP contribution < -0.4 is 15.4 Å². The molecule has 10 nitrogen and oxygen atoms in total. The molecule has 1 heterocycles. The number of carbonyl (C=O) groups is 2. The lowest BCUT2D eigenvalue weighted by Gasteiger charge is -2.08. The highest BCUT2D eigenvalue weighted by Crippen LogP contribution is 2.27. The van der Waals surface area contributed by atoms with Crippen molar-refractivity contribution in [1.82, 2.24) is 5.32 Å². The van der Waals surface area contributed by atoms with Crippen LogP contribution in [0, 0.1) is 17.0 Å². The van der Waals surface area contributed by atoms with Crippen LogP contribution in [0.3, 0.4) is 0 Å². The van der Waals surface area contributed by atoms with E-state index in [9.17, 15) is 19.7 Å². The number of methoxy groups -OCH3 is 1. The third-order valence-corrected chi connectivity index (χ3v) is 5.31. The van der Waals surface area contributed by atoms with Crippen molar-refractivity contribution in [2.45, 2.75) is 18.6 Å². The van der Waals surface area contributed by atoms with Crippen molar-refractivity contribution in [3.05, 3.63) is 63.7 Å². The smallest absolute Gasteiger partial charge is 0.293 e. The predicted molar refractivity (Wildman–Crippen MR) is 119 cm³/mol. The Morgan fingerprint density at radius 3 is 2.74 bits per heavy atom. The number of hydrogen-bond donors (Lipinski definition) is 2. The number of hydrogen-bond acceptors (Lipinski definition) is 8. The standard InChI is InChI=1S/C20H19N5O5S/c1-12-3-8-15(16(9-12)25(28)29)22-18(26)10-17-19(27)23-20(31-17)24-21-11-13-4-6-14(30-2)7-5-13/h3-9,11,17H,10H2,1-2H3,(H,22,26)(H,23,24,27)/b21-11+. The fourth-order valence-electron chi connectivity index (χ4n) is 2.69. The van der Waals surface area contributed by atoms with Gasteiger partial charge in [-0.1, -0.05) is 17.8 Å². The third kappa shape index (κ3) is 5.89. The molecule has 1 atom stereocenters. The Bertz CT molecular complexity index is 1070. The van der Waals surface area contributed by atoms with Crippen molar-refractivity contribution in [3.63, 3.8) is 0 Å². The van der Waals surface area contributed by atoms with Gasteiger partial charge in [-0.2, -0.15) is 5.10 Å². The molecule has 1 fully saturated rings. The fourth-order valence-corrected chi connectivity index (χ4v) is 3.62. The molecule has 2 N–H and O–H groups in total. The maximum atomic E-state index is 12.3. The minimum absolute atomic E-state index is 0.0852. The molecular weight excluding hydrogens is 422 g/mol. The highest BCUT2D eigenvalue weighted by Gasteiger charge is 2.32. The molecule has 1 aliphatic heterocycles. The van der Waals surface area contributed by atoms with Gasteiger partial charge >= 0.3 is 0 Å². The van der Waals surface area contributed by atoms with Crippen LogP contribution in [0.4, 0.5) is 11.4 Å². The molecule has 0 bridgehead atoms. The van der Waals surface area contributed by atoms with Crippen LogP contribution in [0.2, 0.25) is 0 Å². The normalized spacial score (nSPS) is 17.0. The number of nitrogens with zero attached hydrogens (tertiary/aromatic N) is 3. The van der Waals surface area contributed by atoms with Crippen LogP contribution in [0.15, 0.2) is 52.7 Å². The van der Waals surface area contributed by atoms with E-state index in [2.05, 4.69) is 20.8 Å². The van der Waals surface area contributed by atoms with E-state index in [1.807, 2.05) is 0 Å². The van der Waals surface area contributed by atoms with Gasteiger partial charge in [-0.15, -0.1) is 5.10 Å². The molecule has 160 valence electrons. The average Bonchev–Trinajstić information content (AvgIpc) is 3.08. The van der Waals surface area contributed by atoms with E-state index in [1.54, 1.807) is 44.4 Å². The molecule has 0 radical (unpaired) electrons. The van der Waals surface area contributed by atoms with Gasteiger partial charge in [-0.25, -0.2) is 0 Å². The molecule has 1 saturated heterocycles. The summed E-state index contributed by atoms with van der Waals surface area (Å²) in [5.74, 6) is -0.168. The van der Waals surface area contributed by atoms with Crippen molar-refractivity contribution in [2.24, 2.45) is 10.2 Å². The molecule has 0 saturated carbocycles. The molecule has 0 aliphatic carbocycles. The number of benzene rings is 2. The number of amidine groups is 1. The lowest BCUT2D eigenvalue weighted by molar-refractivity contribution is -0.384. The molecule has 3 rings (SSSR count). The third-order valence-electron chi connectivity index (χ3n) is 4.24. The van der Waals surface area contributed by atoms with E-state index < -0.39 is 16.1 Å². The van der Waals surface area contributed by atoms with E-state index in [1.165, 1.54) is 18.3 Å². The van der Waals surface area contributed by atoms with Gasteiger partial charge in [0.05, 0.1) is 18.2 Å². The highest BCUT2D eigenvalue weighted by atomic mass is 32.2. The summed E-state index contributed by atoms with van der Waals surface area (Å²) in [7, 11) is 1.58. The van der Waals surface area contributed by atoms with Crippen LogP contribution >= 0.6 is 11.8 Å². The maximum absolute atomic E-state index is 12.3. The second-order valence-electron chi connectivity index (χ2n) is 6.55. The van der Waals surface area contributed by atoms with Crippen molar-refractivity contribution >= 4 is 46.3 Å². The van der Waals surface area contributed by atoms with Crippen LogP contribution in [0.1, 0.15) is 17.5 Å². The largest absolute Gasteiger partial charge is 0.497 e. The maximum Gasteiger partial charge on any atom is 0.293 e. The van der Waals surface area contributed by atoms with Crippen LogP contribution in [0.25, 0.3) is 0 Å². The zero-order chi connectivity index (χ0) is 22.4. The number of nitro groups is 1. The first kappa shape index (κ1) is 22.0. The Balaban J connectivity index is 1.59. The van der Waals surface area contributed by atoms with Gasteiger partial charge < -0.3 is 15.4 Å². The van der Waals surface area contributed by atoms with Gasteiger partial charge in [-0.05, 0) is 48.4 Å². The Kier molecular flexibility index (Phi) is 6.98. The Labute approximate surface area is 181 Å². The number of thioether (sulfide) groups is 1. The van der Waals surface area contributed by atoms with Crippen LogP contribution in [-0.2, 0) is 9.59 Å². The number of anilines is 1. The summed E-state index contributed by atoms with van der Waals surface area (Å²) >= 11 is 1.07. The van der Waals surface area contributed by atoms with Gasteiger partial charge in [0.15, 0.2) is 5.17 Å². The second-order valence-corrected chi connectivity index (χ2v) is 7.74. The highest BCUT2D eigenvalue weighted by molar-refractivity contribution is 8.15. The van der Waals surface area contributed by atoms with E-state index in [4.69, 9.17) is 4.74 Å². The minimum Gasteiger partial charge on any atom is -0.497 e. The summed E-state index contributed by atoms with van der Waals surface area (Å²) in [4.78, 5) is 35.1. The Morgan fingerprint density at radius 2 is 2.06 bits per heavy atom. The SMILES string of the molecule is COc1ccc(/C=N/N=C2\NC(=O)C(CC(=O)Nc3ccc(C)cc3[N+](=O)[O-])S2)cc1. The number of carbonyl (C=O) groups excluding carboxylic acids is 2. The monoisotopic (exact) mass is 441 g/mol. The van der Waals surface area contributed by atoms with Crippen molar-refractivity contribution < 1.29 is 19.2 Å². The number of ether oxygens (including phenoxy) is 1. The summed E-state index contributed by atoms with van der Waals surface area (Å²) in [6.45, 7) is 1.72. The molecule has 1 aliphatic rings. The number of amides is 2. The lowest BCUT2D eigenvalue weighted by Crippen LogP contribution is -2.28. The average molecular weight is 441 g/mol. The Hall–Kier alpha value is -3.73. The molecular formula is C20H19N5O5S. The molecule has 11 heteroatoms. The summed E-state index contributed by atoms with van der Waals surface area (Å²) in [6, 6.07) is 11.7. The summed E-state index contributed by atoms with van der Waals surface area (Å²) in [5.41, 5.74) is 1.38. The minimum atomic E-state index is -0.709. The summed E-state index contributed by atoms with van der Waals surface area (Å²) in [6.07, 6.45) is 1.36. The van der Waals surface area contributed by atoms with Gasteiger partial charge in [0.25, 0.3) is 5.69 Å². The first-order chi connectivity index (χ1) is 14.9. The van der Waals surface area contributed by atoms with E-state index in [0.717, 1.165) is 23.1 Å². The molecule has 2 amide bonds. The zero-order valence-corrected chi connectivity index (χ0v) is 17.5. The quantitative estimate of drug-likeness (QED) is 0.385. The molecule has 0 spiro atoms. The van der Waals surface area contributed by atoms with Crippen molar-refractivity contribution in [2.75, 3.05) is 12.4 Å². The summed E-state index contributed by atoms with van der Waals surface area (Å²) < 4.78 is 5.08. The summed E-state index contributed by atoms with van der Waals surface area (Å²) in [5, 5.41) is 23.7. The van der Waals surface area contributed by atoms with Gasteiger partial charge in [0.1, 0.15) is 16.7 Å². The number of aryl methyl sites for hydroxylation is 1. The first-order valence-electron chi connectivity index (χ1n) is 9.13. The second kappa shape index (κ2) is 9.85. The lowest BCUT2D eigenvalue weighted by atomic mass is 10.2. The van der Waals surface area contributed by atoms with E-state index in [0.29, 0.717) is 5.56 Å².